The average molecular weight is 694 g/mol. The number of carboxylic acid groups (broad SMARTS) is 1. The van der Waals surface area contributed by atoms with Gasteiger partial charge in [0.15, 0.2) is 5.78 Å². The number of nitrogens with zero attached hydrogens (tertiary/aromatic N) is 3. The van der Waals surface area contributed by atoms with E-state index in [4.69, 9.17) is 0 Å². The van der Waals surface area contributed by atoms with E-state index < -0.39 is 75.8 Å². The fourth-order valence-electron chi connectivity index (χ4n) is 5.79. The lowest BCUT2D eigenvalue weighted by molar-refractivity contribution is -0.147. The van der Waals surface area contributed by atoms with Crippen LogP contribution in [0.4, 0.5) is 26.3 Å². The highest BCUT2D eigenvalue weighted by Crippen LogP contribution is 2.53. The second-order valence-electron chi connectivity index (χ2n) is 12.5. The number of Topliss-reactive ketones (excluding diaryl/α,β-unsaturated/α-hetero) is 1. The molecule has 3 aromatic rings. The van der Waals surface area contributed by atoms with Crippen molar-refractivity contribution in [2.75, 3.05) is 0 Å². The van der Waals surface area contributed by atoms with Crippen molar-refractivity contribution >= 4 is 40.8 Å². The van der Waals surface area contributed by atoms with Crippen LogP contribution in [0.1, 0.15) is 35.2 Å². The first kappa shape index (κ1) is 35.1. The third kappa shape index (κ3) is 7.27. The van der Waals surface area contributed by atoms with E-state index in [0.717, 1.165) is 41.1 Å². The van der Waals surface area contributed by atoms with Crippen LogP contribution < -0.4 is 9.74 Å². The molecule has 1 aliphatic carbocycles. The molecule has 0 bridgehead atoms. The van der Waals surface area contributed by atoms with Gasteiger partial charge in [-0.15, -0.1) is 5.10 Å². The second kappa shape index (κ2) is 12.1. The third-order valence-corrected chi connectivity index (χ3v) is 10.9. The van der Waals surface area contributed by atoms with Gasteiger partial charge in [-0.1, -0.05) is 30.9 Å². The summed E-state index contributed by atoms with van der Waals surface area (Å²) in [6, 6.07) is 6.70. The van der Waals surface area contributed by atoms with Crippen LogP contribution in [0.25, 0.3) is 10.9 Å². The van der Waals surface area contributed by atoms with E-state index in [1.165, 1.54) is 0 Å². The van der Waals surface area contributed by atoms with Gasteiger partial charge in [-0.05, 0) is 61.7 Å². The van der Waals surface area contributed by atoms with Crippen LogP contribution in [0.5, 0.6) is 5.75 Å². The van der Waals surface area contributed by atoms with Crippen molar-refractivity contribution in [3.05, 3.63) is 63.9 Å². The molecule has 3 unspecified atom stereocenters. The summed E-state index contributed by atoms with van der Waals surface area (Å²) in [6.45, 7) is 5.77. The van der Waals surface area contributed by atoms with Gasteiger partial charge in [0.1, 0.15) is 11.3 Å². The average Bonchev–Trinajstić information content (AvgIpc) is 3.31. The third-order valence-electron chi connectivity index (χ3n) is 8.13. The number of ketones is 1. The van der Waals surface area contributed by atoms with Crippen LogP contribution >= 0.6 is 0 Å². The number of aliphatic carboxylic acids is 1. The van der Waals surface area contributed by atoms with Crippen molar-refractivity contribution in [3.8, 4) is 5.75 Å². The lowest BCUT2D eigenvalue weighted by atomic mass is 9.72. The van der Waals surface area contributed by atoms with Crippen molar-refractivity contribution in [3.63, 3.8) is 0 Å². The van der Waals surface area contributed by atoms with E-state index in [2.05, 4.69) is 14.5 Å². The van der Waals surface area contributed by atoms with Crippen molar-refractivity contribution < 1.29 is 53.6 Å². The molecule has 0 aliphatic heterocycles. The number of fused-ring (bicyclic) bond motifs is 1. The first-order chi connectivity index (χ1) is 21.0. The molecular formula is C28H29F6N3O7SSi. The number of rotatable bonds is 10. The zero-order valence-electron chi connectivity index (χ0n) is 24.6. The standard InChI is InChI=1S/C28H29F6N3O7SSi/c1-46(2,3)13-12-26(15-37-24(39)20-14-17(27(29,30)31)6-9-21(20)35-36-37)11-10-19(22(26)25(40)41)23(38)16-4-7-18(8-5-16)44-45(42,43)28(32,33)34/h4-9,14,19,22H,10-13,15H2,1-3H3,(H,40,41). The van der Waals surface area contributed by atoms with Gasteiger partial charge in [-0.25, -0.2) is 4.68 Å². The first-order valence-corrected chi connectivity index (χ1v) is 19.0. The molecule has 0 spiro atoms. The predicted molar refractivity (Wildman–Crippen MR) is 154 cm³/mol. The van der Waals surface area contributed by atoms with E-state index in [0.29, 0.717) is 12.1 Å². The molecule has 0 radical (unpaired) electrons. The minimum absolute atomic E-state index is 0.0379. The summed E-state index contributed by atoms with van der Waals surface area (Å²) >= 11 is 0. The summed E-state index contributed by atoms with van der Waals surface area (Å²) in [5.41, 5.74) is -9.12. The Balaban J connectivity index is 1.72. The maximum atomic E-state index is 13.6. The quantitative estimate of drug-likeness (QED) is 0.0923. The molecule has 10 nitrogen and oxygen atoms in total. The highest BCUT2D eigenvalue weighted by molar-refractivity contribution is 7.88. The number of benzene rings is 2. The smallest absolute Gasteiger partial charge is 0.481 e. The Hall–Kier alpha value is -3.80. The molecule has 1 saturated carbocycles. The molecule has 3 atom stereocenters. The number of hydrogen-bond donors (Lipinski definition) is 1. The van der Waals surface area contributed by atoms with Crippen LogP contribution in [-0.4, -0.2) is 53.9 Å². The Kier molecular flexibility index (Phi) is 9.22. The molecule has 0 saturated heterocycles. The Labute approximate surface area is 259 Å². The van der Waals surface area contributed by atoms with Gasteiger partial charge in [-0.2, -0.15) is 34.8 Å². The monoisotopic (exact) mass is 693 g/mol. The second-order valence-corrected chi connectivity index (χ2v) is 19.7. The number of halogens is 6. The van der Waals surface area contributed by atoms with Gasteiger partial charge in [-0.3, -0.25) is 14.4 Å². The number of carboxylic acids is 1. The number of carbonyl (C=O) groups is 2. The lowest BCUT2D eigenvalue weighted by Crippen LogP contribution is -2.43. The van der Waals surface area contributed by atoms with E-state index in [9.17, 15) is 54.3 Å². The Morgan fingerprint density at radius 3 is 2.24 bits per heavy atom. The van der Waals surface area contributed by atoms with E-state index in [1.807, 2.05) is 19.6 Å². The van der Waals surface area contributed by atoms with Crippen LogP contribution in [-0.2, 0) is 27.6 Å². The molecule has 2 aromatic carbocycles. The molecule has 46 heavy (non-hydrogen) atoms. The molecule has 1 N–H and O–H groups in total. The van der Waals surface area contributed by atoms with Crippen molar-refractivity contribution in [1.29, 1.82) is 0 Å². The summed E-state index contributed by atoms with van der Waals surface area (Å²) in [6.07, 6.45) is -4.32. The molecule has 4 rings (SSSR count). The Bertz CT molecular complexity index is 1820. The van der Waals surface area contributed by atoms with Gasteiger partial charge >= 0.3 is 27.8 Å². The maximum Gasteiger partial charge on any atom is 0.534 e. The highest BCUT2D eigenvalue weighted by Gasteiger charge is 2.55. The fourth-order valence-corrected chi connectivity index (χ4v) is 7.49. The predicted octanol–water partition coefficient (Wildman–Crippen LogP) is 5.75. The van der Waals surface area contributed by atoms with Crippen LogP contribution in [0.3, 0.4) is 0 Å². The summed E-state index contributed by atoms with van der Waals surface area (Å²) in [4.78, 5) is 39.9. The van der Waals surface area contributed by atoms with Gasteiger partial charge < -0.3 is 9.29 Å². The molecule has 1 heterocycles. The molecule has 1 aliphatic rings. The summed E-state index contributed by atoms with van der Waals surface area (Å²) in [7, 11) is -7.83. The van der Waals surface area contributed by atoms with E-state index in [1.54, 1.807) is 0 Å². The molecule has 1 aromatic heterocycles. The number of carbonyl (C=O) groups excluding carboxylic acids is 1. The summed E-state index contributed by atoms with van der Waals surface area (Å²) < 4.78 is 106. The van der Waals surface area contributed by atoms with Gasteiger partial charge in [0.05, 0.1) is 23.4 Å². The van der Waals surface area contributed by atoms with E-state index in [-0.39, 0.29) is 42.3 Å². The topological polar surface area (TPSA) is 146 Å². The van der Waals surface area contributed by atoms with E-state index >= 15 is 0 Å². The molecule has 250 valence electrons. The summed E-state index contributed by atoms with van der Waals surface area (Å²) in [5.74, 6) is -5.31. The summed E-state index contributed by atoms with van der Waals surface area (Å²) in [5, 5.41) is 17.9. The fraction of sp³-hybridized carbons (Fsp3) is 0.464. The van der Waals surface area contributed by atoms with Crippen molar-refractivity contribution in [2.45, 2.75) is 63.2 Å². The molecule has 0 amide bonds. The minimum atomic E-state index is -5.96. The lowest BCUT2D eigenvalue weighted by Gasteiger charge is -2.36. The van der Waals surface area contributed by atoms with Gasteiger partial charge in [0, 0.05) is 25.0 Å². The highest BCUT2D eigenvalue weighted by atomic mass is 32.2. The zero-order chi connectivity index (χ0) is 34.5. The SMILES string of the molecule is C[Si](C)(C)CCC1(Cn2nnc3ccc(C(F)(F)F)cc3c2=O)CCC(C(=O)c2ccc(OS(=O)(=O)C(F)(F)F)cc2)C1C(=O)O. The van der Waals surface area contributed by atoms with Crippen LogP contribution in [0, 0.1) is 17.3 Å². The van der Waals surface area contributed by atoms with Crippen molar-refractivity contribution in [2.24, 2.45) is 17.3 Å². The zero-order valence-corrected chi connectivity index (χ0v) is 26.5. The van der Waals surface area contributed by atoms with Crippen LogP contribution in [0.15, 0.2) is 47.3 Å². The first-order valence-electron chi connectivity index (χ1n) is 13.9. The Morgan fingerprint density at radius 2 is 1.70 bits per heavy atom. The maximum absolute atomic E-state index is 13.6. The molecule has 1 fully saturated rings. The van der Waals surface area contributed by atoms with Crippen LogP contribution in [0.2, 0.25) is 25.7 Å². The number of aromatic nitrogens is 3. The molecule has 18 heteroatoms. The largest absolute Gasteiger partial charge is 0.534 e. The van der Waals surface area contributed by atoms with Gasteiger partial charge in [0.2, 0.25) is 0 Å². The normalized spacial score (nSPS) is 21.0. The number of alkyl halides is 6. The van der Waals surface area contributed by atoms with Gasteiger partial charge in [0.25, 0.3) is 5.56 Å². The Morgan fingerprint density at radius 1 is 1.07 bits per heavy atom. The minimum Gasteiger partial charge on any atom is -0.481 e. The number of hydrogen-bond acceptors (Lipinski definition) is 8. The van der Waals surface area contributed by atoms with Crippen molar-refractivity contribution in [1.82, 2.24) is 15.0 Å². The molecular weight excluding hydrogens is 664 g/mol.